The number of rotatable bonds is 12. The van der Waals surface area contributed by atoms with Crippen LogP contribution in [0.1, 0.15) is 62.1 Å². The summed E-state index contributed by atoms with van der Waals surface area (Å²) in [6.45, 7) is 5.67. The molecule has 0 spiro atoms. The first-order chi connectivity index (χ1) is 17.7. The molecule has 0 heterocycles. The average molecular weight is 491 g/mol. The van der Waals surface area contributed by atoms with E-state index in [4.69, 9.17) is 23.7 Å². The fourth-order valence-electron chi connectivity index (χ4n) is 4.90. The summed E-state index contributed by atoms with van der Waals surface area (Å²) in [6.07, 6.45) is 4.84. The number of hydrogen-bond acceptors (Lipinski definition) is 5. The van der Waals surface area contributed by atoms with E-state index in [1.54, 1.807) is 21.3 Å². The topological polar surface area (TPSA) is 46.2 Å². The molecule has 192 valence electrons. The molecule has 0 bridgehead atoms. The molecule has 1 aliphatic carbocycles. The van der Waals surface area contributed by atoms with Gasteiger partial charge in [0.05, 0.1) is 40.5 Å². The number of allylic oxidation sites excluding steroid dienone is 2. The zero-order chi connectivity index (χ0) is 25.5. The highest BCUT2D eigenvalue weighted by Crippen LogP contribution is 2.46. The van der Waals surface area contributed by atoms with E-state index in [2.05, 4.69) is 50.2 Å². The molecule has 36 heavy (non-hydrogen) atoms. The summed E-state index contributed by atoms with van der Waals surface area (Å²) in [5.41, 5.74) is 3.50. The maximum atomic E-state index is 6.35. The summed E-state index contributed by atoms with van der Waals surface area (Å²) in [6, 6.07) is 16.8. The van der Waals surface area contributed by atoms with Gasteiger partial charge in [-0.1, -0.05) is 57.0 Å². The van der Waals surface area contributed by atoms with Crippen molar-refractivity contribution in [1.29, 1.82) is 0 Å². The molecular weight excluding hydrogens is 452 g/mol. The molecule has 1 aliphatic rings. The van der Waals surface area contributed by atoms with Gasteiger partial charge in [-0.2, -0.15) is 0 Å². The van der Waals surface area contributed by atoms with Crippen molar-refractivity contribution in [1.82, 2.24) is 0 Å². The molecule has 0 saturated carbocycles. The predicted octanol–water partition coefficient (Wildman–Crippen LogP) is 7.40. The van der Waals surface area contributed by atoms with Gasteiger partial charge in [-0.25, -0.2) is 0 Å². The summed E-state index contributed by atoms with van der Waals surface area (Å²) in [5.74, 6) is 3.97. The third kappa shape index (κ3) is 5.11. The largest absolute Gasteiger partial charge is 0.497 e. The molecular formula is C31H38O5. The molecule has 1 atom stereocenters. The fraction of sp³-hybridized carbons (Fsp3) is 0.419. The van der Waals surface area contributed by atoms with Crippen molar-refractivity contribution in [3.8, 4) is 17.2 Å². The minimum Gasteiger partial charge on any atom is -0.497 e. The first-order valence-corrected chi connectivity index (χ1v) is 13.0. The lowest BCUT2D eigenvalue weighted by Gasteiger charge is -2.31. The maximum absolute atomic E-state index is 6.35. The van der Waals surface area contributed by atoms with Gasteiger partial charge in [0.25, 0.3) is 0 Å². The molecule has 3 aromatic rings. The van der Waals surface area contributed by atoms with Gasteiger partial charge in [-0.05, 0) is 53.1 Å². The molecule has 5 nitrogen and oxygen atoms in total. The Morgan fingerprint density at radius 1 is 0.750 bits per heavy atom. The Balaban J connectivity index is 1.90. The second-order valence-electron chi connectivity index (χ2n) is 9.11. The molecule has 4 rings (SSSR count). The predicted molar refractivity (Wildman–Crippen MR) is 144 cm³/mol. The van der Waals surface area contributed by atoms with Gasteiger partial charge in [0.1, 0.15) is 17.3 Å². The van der Waals surface area contributed by atoms with Crippen molar-refractivity contribution in [2.75, 3.05) is 34.5 Å². The van der Waals surface area contributed by atoms with Crippen LogP contribution in [-0.2, 0) is 15.9 Å². The molecule has 0 N–H and O–H groups in total. The average Bonchev–Trinajstić information content (AvgIpc) is 2.92. The highest BCUT2D eigenvalue weighted by molar-refractivity contribution is 5.94. The SMILES string of the molecule is CCCCOc1ccc2c(C3C(OC)=C(OC)Cc4ccc(OC)cc43)cccc2c1OCCCC. The third-order valence-electron chi connectivity index (χ3n) is 6.84. The summed E-state index contributed by atoms with van der Waals surface area (Å²) < 4.78 is 29.9. The summed E-state index contributed by atoms with van der Waals surface area (Å²) in [4.78, 5) is 0. The van der Waals surface area contributed by atoms with Crippen LogP contribution >= 0.6 is 0 Å². The second kappa shape index (κ2) is 12.1. The van der Waals surface area contributed by atoms with E-state index >= 15 is 0 Å². The Kier molecular flexibility index (Phi) is 8.63. The first-order valence-electron chi connectivity index (χ1n) is 13.0. The Labute approximate surface area is 215 Å². The Bertz CT molecular complexity index is 1210. The number of ether oxygens (including phenoxy) is 5. The smallest absolute Gasteiger partial charge is 0.168 e. The van der Waals surface area contributed by atoms with E-state index in [1.807, 2.05) is 12.1 Å². The van der Waals surface area contributed by atoms with Crippen LogP contribution in [-0.4, -0.2) is 34.5 Å². The van der Waals surface area contributed by atoms with Crippen LogP contribution in [0.2, 0.25) is 0 Å². The molecule has 0 aromatic heterocycles. The van der Waals surface area contributed by atoms with Crippen molar-refractivity contribution in [3.63, 3.8) is 0 Å². The molecule has 0 radical (unpaired) electrons. The zero-order valence-electron chi connectivity index (χ0n) is 22.2. The lowest BCUT2D eigenvalue weighted by molar-refractivity contribution is 0.199. The summed E-state index contributed by atoms with van der Waals surface area (Å²) in [7, 11) is 5.13. The molecule has 0 saturated heterocycles. The van der Waals surface area contributed by atoms with Gasteiger partial charge in [-0.3, -0.25) is 0 Å². The van der Waals surface area contributed by atoms with Crippen molar-refractivity contribution >= 4 is 10.8 Å². The standard InChI is InChI=1S/C31H38O5/c1-6-8-17-35-27-16-15-23-24(11-10-12-25(23)30(27)36-18-9-7-2)29-26-20-22(32-3)14-13-21(26)19-28(33-4)31(29)34-5/h10-16,20,29H,6-9,17-19H2,1-5H3. The first kappa shape index (κ1) is 25.7. The lowest BCUT2D eigenvalue weighted by Crippen LogP contribution is -2.19. The number of unbranched alkanes of at least 4 members (excludes halogenated alkanes) is 2. The highest BCUT2D eigenvalue weighted by Gasteiger charge is 2.33. The fourth-order valence-corrected chi connectivity index (χ4v) is 4.90. The Morgan fingerprint density at radius 3 is 2.22 bits per heavy atom. The second-order valence-corrected chi connectivity index (χ2v) is 9.11. The summed E-state index contributed by atoms with van der Waals surface area (Å²) >= 11 is 0. The normalized spacial score (nSPS) is 15.0. The van der Waals surface area contributed by atoms with Crippen LogP contribution in [0.4, 0.5) is 0 Å². The van der Waals surface area contributed by atoms with E-state index in [1.165, 1.54) is 5.56 Å². The minimum atomic E-state index is -0.136. The van der Waals surface area contributed by atoms with Crippen LogP contribution in [0.3, 0.4) is 0 Å². The van der Waals surface area contributed by atoms with Gasteiger partial charge in [0.15, 0.2) is 11.5 Å². The van der Waals surface area contributed by atoms with Crippen molar-refractivity contribution in [2.45, 2.75) is 51.9 Å². The molecule has 5 heteroatoms. The van der Waals surface area contributed by atoms with E-state index in [0.29, 0.717) is 19.6 Å². The molecule has 0 amide bonds. The number of methoxy groups -OCH3 is 3. The maximum Gasteiger partial charge on any atom is 0.168 e. The van der Waals surface area contributed by atoms with Crippen molar-refractivity contribution in [3.05, 3.63) is 76.7 Å². The van der Waals surface area contributed by atoms with Gasteiger partial charge < -0.3 is 23.7 Å². The van der Waals surface area contributed by atoms with Crippen LogP contribution in [0.5, 0.6) is 17.2 Å². The van der Waals surface area contributed by atoms with E-state index in [0.717, 1.165) is 76.3 Å². The number of benzene rings is 3. The van der Waals surface area contributed by atoms with Crippen molar-refractivity contribution < 1.29 is 23.7 Å². The van der Waals surface area contributed by atoms with Crippen LogP contribution in [0.25, 0.3) is 10.8 Å². The highest BCUT2D eigenvalue weighted by atomic mass is 16.5. The number of hydrogen-bond donors (Lipinski definition) is 0. The van der Waals surface area contributed by atoms with E-state index < -0.39 is 0 Å². The third-order valence-corrected chi connectivity index (χ3v) is 6.84. The zero-order valence-corrected chi connectivity index (χ0v) is 22.2. The van der Waals surface area contributed by atoms with Crippen LogP contribution < -0.4 is 14.2 Å². The molecule has 0 fully saturated rings. The van der Waals surface area contributed by atoms with E-state index in [-0.39, 0.29) is 5.92 Å². The lowest BCUT2D eigenvalue weighted by atomic mass is 9.79. The summed E-state index contributed by atoms with van der Waals surface area (Å²) in [5, 5.41) is 2.15. The molecule has 1 unspecified atom stereocenters. The van der Waals surface area contributed by atoms with Gasteiger partial charge >= 0.3 is 0 Å². The monoisotopic (exact) mass is 490 g/mol. The van der Waals surface area contributed by atoms with Crippen LogP contribution in [0, 0.1) is 0 Å². The Hall–Kier alpha value is -3.34. The number of fused-ring (bicyclic) bond motifs is 2. The van der Waals surface area contributed by atoms with Gasteiger partial charge in [0.2, 0.25) is 0 Å². The Morgan fingerprint density at radius 2 is 1.53 bits per heavy atom. The van der Waals surface area contributed by atoms with E-state index in [9.17, 15) is 0 Å². The molecule has 3 aromatic carbocycles. The van der Waals surface area contributed by atoms with Gasteiger partial charge in [0, 0.05) is 11.8 Å². The van der Waals surface area contributed by atoms with Gasteiger partial charge in [-0.15, -0.1) is 0 Å². The quantitative estimate of drug-likeness (QED) is 0.248. The van der Waals surface area contributed by atoms with Crippen molar-refractivity contribution in [2.24, 2.45) is 0 Å². The minimum absolute atomic E-state index is 0.136. The molecule has 0 aliphatic heterocycles. The van der Waals surface area contributed by atoms with Crippen LogP contribution in [0.15, 0.2) is 60.0 Å².